The molecule has 0 unspecified atom stereocenters. The number of piperazine rings is 2. The highest BCUT2D eigenvalue weighted by atomic mass is 16.2. The lowest BCUT2D eigenvalue weighted by molar-refractivity contribution is 0.0557. The third-order valence-electron chi connectivity index (χ3n) is 11.1. The van der Waals surface area contributed by atoms with E-state index in [9.17, 15) is 0 Å². The van der Waals surface area contributed by atoms with Gasteiger partial charge < -0.3 is 19.6 Å². The minimum absolute atomic E-state index is 0.232. The number of carbonyl (C=O) groups excluding carboxylic acids is 4. The Morgan fingerprint density at radius 1 is 0.396 bits per heavy atom. The zero-order valence-electron chi connectivity index (χ0n) is 27.3. The van der Waals surface area contributed by atoms with Crippen molar-refractivity contribution in [2.75, 3.05) is 76.3 Å². The summed E-state index contributed by atoms with van der Waals surface area (Å²) in [4.78, 5) is 69.7. The van der Waals surface area contributed by atoms with Crippen molar-refractivity contribution in [2.24, 2.45) is 0 Å². The van der Waals surface area contributed by atoms with Gasteiger partial charge in [-0.1, -0.05) is 72.8 Å². The number of likely N-dealkylation sites (N-methyl/N-ethyl adjacent to an activating group) is 2. The first kappa shape index (κ1) is 30.4. The molecular formula is C40H38N4O4. The van der Waals surface area contributed by atoms with E-state index >= 15 is 19.2 Å². The minimum atomic E-state index is -2.14. The molecule has 0 spiro atoms. The Kier molecular flexibility index (Phi) is 7.20. The largest absolute Gasteiger partial charge is 0.369 e. The van der Waals surface area contributed by atoms with Crippen LogP contribution in [0.25, 0.3) is 0 Å². The van der Waals surface area contributed by atoms with E-state index < -0.39 is 34.0 Å². The monoisotopic (exact) mass is 638 g/mol. The van der Waals surface area contributed by atoms with Crippen molar-refractivity contribution in [3.05, 3.63) is 130 Å². The molecule has 2 heterocycles. The van der Waals surface area contributed by atoms with Gasteiger partial charge in [0.15, 0.2) is 23.1 Å². The van der Waals surface area contributed by atoms with Gasteiger partial charge in [0.1, 0.15) is 10.8 Å². The van der Waals surface area contributed by atoms with Gasteiger partial charge in [-0.2, -0.15) is 0 Å². The fraction of sp³-hybridized carbons (Fsp3) is 0.300. The number of carbonyl (C=O) groups is 4. The van der Waals surface area contributed by atoms with Crippen LogP contribution in [-0.2, 0) is 10.8 Å². The molecule has 4 aliphatic rings. The van der Waals surface area contributed by atoms with Gasteiger partial charge in [0.2, 0.25) is 0 Å². The van der Waals surface area contributed by atoms with E-state index in [1.54, 1.807) is 72.8 Å². The van der Waals surface area contributed by atoms with Crippen LogP contribution in [0, 0.1) is 0 Å². The number of hydrogen-bond donors (Lipinski definition) is 0. The van der Waals surface area contributed by atoms with E-state index in [4.69, 9.17) is 0 Å². The van der Waals surface area contributed by atoms with Crippen LogP contribution in [0.2, 0.25) is 0 Å². The average Bonchev–Trinajstić information content (AvgIpc) is 3.49. The van der Waals surface area contributed by atoms with Gasteiger partial charge in [0, 0.05) is 86.0 Å². The van der Waals surface area contributed by atoms with Crippen LogP contribution in [0.1, 0.15) is 52.6 Å². The molecule has 2 saturated heterocycles. The highest BCUT2D eigenvalue weighted by molar-refractivity contribution is 6.45. The fourth-order valence-electron chi connectivity index (χ4n) is 8.38. The summed E-state index contributed by atoms with van der Waals surface area (Å²) in [5.41, 5.74) is -0.712. The van der Waals surface area contributed by atoms with Crippen molar-refractivity contribution < 1.29 is 19.2 Å². The van der Waals surface area contributed by atoms with Gasteiger partial charge in [0.05, 0.1) is 0 Å². The predicted molar refractivity (Wildman–Crippen MR) is 186 cm³/mol. The summed E-state index contributed by atoms with van der Waals surface area (Å²) >= 11 is 0. The number of benzene rings is 4. The fourth-order valence-corrected chi connectivity index (χ4v) is 8.38. The van der Waals surface area contributed by atoms with Crippen LogP contribution in [0.4, 0.5) is 11.4 Å². The second kappa shape index (κ2) is 11.4. The number of fused-ring (bicyclic) bond motifs is 2. The molecule has 48 heavy (non-hydrogen) atoms. The Bertz CT molecular complexity index is 1740. The molecule has 8 rings (SSSR count). The van der Waals surface area contributed by atoms with Crippen LogP contribution in [0.15, 0.2) is 97.1 Å². The first-order chi connectivity index (χ1) is 23.3. The zero-order chi connectivity index (χ0) is 33.2. The van der Waals surface area contributed by atoms with E-state index in [0.717, 1.165) is 63.7 Å². The molecule has 0 aromatic heterocycles. The summed E-state index contributed by atoms with van der Waals surface area (Å²) < 4.78 is 0. The van der Waals surface area contributed by atoms with Crippen molar-refractivity contribution in [2.45, 2.75) is 10.8 Å². The van der Waals surface area contributed by atoms with Gasteiger partial charge in [-0.25, -0.2) is 0 Å². The van der Waals surface area contributed by atoms with E-state index in [1.165, 1.54) is 0 Å². The van der Waals surface area contributed by atoms with Gasteiger partial charge in [-0.3, -0.25) is 19.2 Å². The number of Topliss-reactive ketones (excluding diaryl/α,β-unsaturated/α-hetero) is 4. The topological polar surface area (TPSA) is 81.2 Å². The van der Waals surface area contributed by atoms with Crippen molar-refractivity contribution in [1.82, 2.24) is 9.80 Å². The van der Waals surface area contributed by atoms with Crippen LogP contribution >= 0.6 is 0 Å². The number of ketones is 4. The predicted octanol–water partition coefficient (Wildman–Crippen LogP) is 4.52. The van der Waals surface area contributed by atoms with Gasteiger partial charge in [-0.05, 0) is 49.5 Å². The molecule has 0 saturated carbocycles. The number of anilines is 2. The molecule has 8 heteroatoms. The molecule has 0 radical (unpaired) electrons. The number of nitrogens with zero attached hydrogens (tertiary/aromatic N) is 4. The van der Waals surface area contributed by atoms with Gasteiger partial charge in [0.25, 0.3) is 0 Å². The van der Waals surface area contributed by atoms with E-state index in [2.05, 4.69) is 33.7 Å². The van der Waals surface area contributed by atoms with Crippen molar-refractivity contribution >= 4 is 34.5 Å². The number of rotatable bonds is 5. The van der Waals surface area contributed by atoms with E-state index in [0.29, 0.717) is 11.1 Å². The lowest BCUT2D eigenvalue weighted by Gasteiger charge is -2.42. The van der Waals surface area contributed by atoms with Gasteiger partial charge >= 0.3 is 0 Å². The molecule has 2 fully saturated rings. The van der Waals surface area contributed by atoms with Crippen molar-refractivity contribution in [3.63, 3.8) is 0 Å². The summed E-state index contributed by atoms with van der Waals surface area (Å²) in [6, 6.07) is 28.3. The summed E-state index contributed by atoms with van der Waals surface area (Å²) in [6.45, 7) is 7.08. The first-order valence-electron chi connectivity index (χ1n) is 16.7. The third-order valence-corrected chi connectivity index (χ3v) is 11.1. The van der Waals surface area contributed by atoms with Crippen LogP contribution in [-0.4, -0.2) is 99.4 Å². The molecule has 0 N–H and O–H groups in total. The molecule has 242 valence electrons. The van der Waals surface area contributed by atoms with Crippen molar-refractivity contribution in [1.29, 1.82) is 0 Å². The molecule has 0 amide bonds. The second-order valence-electron chi connectivity index (χ2n) is 13.6. The Labute approximate surface area is 280 Å². The SMILES string of the molecule is CN1CCN(c2ccc(C3(C4(c5ccc(N6CCN(C)CC6)cc5)C(=O)c5ccccc5C4=O)C(=O)c4ccccc4C3=O)cc2)CC1. The Balaban J connectivity index is 1.35. The van der Waals surface area contributed by atoms with Crippen molar-refractivity contribution in [3.8, 4) is 0 Å². The smallest absolute Gasteiger partial charge is 0.183 e. The lowest BCUT2D eigenvalue weighted by atomic mass is 9.52. The minimum Gasteiger partial charge on any atom is -0.369 e. The number of hydrogen-bond acceptors (Lipinski definition) is 8. The molecule has 4 aromatic carbocycles. The molecule has 4 aromatic rings. The van der Waals surface area contributed by atoms with Gasteiger partial charge in [-0.15, -0.1) is 0 Å². The molecule has 8 nitrogen and oxygen atoms in total. The standard InChI is InChI=1S/C40H38N4O4/c1-41-19-23-43(24-20-41)29-15-11-27(12-16-29)39(35(45)31-7-3-4-8-32(31)36(39)46)40(37(47)33-9-5-6-10-34(33)38(40)48)28-13-17-30(18-14-28)44-25-21-42(2)22-26-44/h3-18H,19-26H2,1-2H3. The summed E-state index contributed by atoms with van der Waals surface area (Å²) in [5.74, 6) is -2.08. The molecule has 2 aliphatic heterocycles. The Morgan fingerprint density at radius 2 is 0.667 bits per heavy atom. The second-order valence-corrected chi connectivity index (χ2v) is 13.6. The highest BCUT2D eigenvalue weighted by Gasteiger charge is 2.75. The Morgan fingerprint density at radius 3 is 0.938 bits per heavy atom. The van der Waals surface area contributed by atoms with Crippen LogP contribution in [0.3, 0.4) is 0 Å². The van der Waals surface area contributed by atoms with E-state index in [1.807, 2.05) is 24.3 Å². The maximum absolute atomic E-state index is 15.2. The molecular weight excluding hydrogens is 600 g/mol. The third kappa shape index (κ3) is 4.15. The Hall–Kier alpha value is -4.92. The molecule has 0 bridgehead atoms. The zero-order valence-corrected chi connectivity index (χ0v) is 27.3. The quantitative estimate of drug-likeness (QED) is 0.295. The maximum Gasteiger partial charge on any atom is 0.183 e. The maximum atomic E-state index is 15.2. The highest BCUT2D eigenvalue weighted by Crippen LogP contribution is 2.58. The summed E-state index contributed by atoms with van der Waals surface area (Å²) in [6.07, 6.45) is 0. The molecule has 2 aliphatic carbocycles. The summed E-state index contributed by atoms with van der Waals surface area (Å²) in [5, 5.41) is 0. The van der Waals surface area contributed by atoms with Crippen LogP contribution in [0.5, 0.6) is 0 Å². The summed E-state index contributed by atoms with van der Waals surface area (Å²) in [7, 11) is 4.20. The van der Waals surface area contributed by atoms with E-state index in [-0.39, 0.29) is 22.3 Å². The normalized spacial score (nSPS) is 20.7. The molecule has 0 atom stereocenters. The van der Waals surface area contributed by atoms with Crippen LogP contribution < -0.4 is 9.80 Å². The lowest BCUT2D eigenvalue weighted by Crippen LogP contribution is -2.62. The first-order valence-corrected chi connectivity index (χ1v) is 16.7. The average molecular weight is 639 g/mol.